The summed E-state index contributed by atoms with van der Waals surface area (Å²) in [5.41, 5.74) is -1.62. The Labute approximate surface area is 222 Å². The van der Waals surface area contributed by atoms with Gasteiger partial charge in [0.15, 0.2) is 5.60 Å². The molecule has 11 heteroatoms. The number of nitrogens with one attached hydrogen (secondary N) is 1. The van der Waals surface area contributed by atoms with Crippen molar-refractivity contribution in [1.29, 1.82) is 0 Å². The number of halogens is 3. The Balaban J connectivity index is 0.000000349. The molecule has 8 nitrogen and oxygen atoms in total. The molecule has 0 aliphatic carbocycles. The first-order chi connectivity index (χ1) is 18.2. The number of alkyl halides is 3. The molecule has 0 heterocycles. The molecule has 0 unspecified atom stereocenters. The van der Waals surface area contributed by atoms with Gasteiger partial charge in [0.2, 0.25) is 0 Å². The van der Waals surface area contributed by atoms with Gasteiger partial charge in [0.1, 0.15) is 0 Å². The minimum Gasteiger partial charge on any atom is -0.481 e. The van der Waals surface area contributed by atoms with Crippen LogP contribution in [0.15, 0.2) is 72.8 Å². The fourth-order valence-corrected chi connectivity index (χ4v) is 3.71. The number of rotatable bonds is 10. The topological polar surface area (TPSA) is 144 Å². The SMILES string of the molecule is C[C@@H](NC/C=C/c1cccc(C(F)(F)F)c1)c1cccc2ccccc12.O=C(O)CC(O)(CC(=O)O)C(=O)O. The second kappa shape index (κ2) is 13.5. The van der Waals surface area contributed by atoms with Crippen LogP contribution in [0.5, 0.6) is 0 Å². The number of carboxylic acid groups (broad SMARTS) is 3. The highest BCUT2D eigenvalue weighted by Crippen LogP contribution is 2.30. The van der Waals surface area contributed by atoms with Crippen molar-refractivity contribution >= 4 is 34.8 Å². The number of hydrogen-bond acceptors (Lipinski definition) is 5. The summed E-state index contributed by atoms with van der Waals surface area (Å²) in [6.07, 6.45) is -3.05. The van der Waals surface area contributed by atoms with Crippen molar-refractivity contribution in [2.24, 2.45) is 0 Å². The lowest BCUT2D eigenvalue weighted by Gasteiger charge is -2.18. The first-order valence-corrected chi connectivity index (χ1v) is 11.7. The normalized spacial score (nSPS) is 12.5. The second-order valence-corrected chi connectivity index (χ2v) is 8.70. The predicted molar refractivity (Wildman–Crippen MR) is 138 cm³/mol. The van der Waals surface area contributed by atoms with Crippen molar-refractivity contribution in [1.82, 2.24) is 5.32 Å². The summed E-state index contributed by atoms with van der Waals surface area (Å²) in [6.45, 7) is 2.65. The summed E-state index contributed by atoms with van der Waals surface area (Å²) in [7, 11) is 0. The summed E-state index contributed by atoms with van der Waals surface area (Å²) >= 11 is 0. The van der Waals surface area contributed by atoms with E-state index in [4.69, 9.17) is 20.4 Å². The molecule has 0 fully saturated rings. The van der Waals surface area contributed by atoms with Crippen LogP contribution in [-0.2, 0) is 20.6 Å². The largest absolute Gasteiger partial charge is 0.481 e. The summed E-state index contributed by atoms with van der Waals surface area (Å²) in [5.74, 6) is -5.02. The van der Waals surface area contributed by atoms with Crippen LogP contribution < -0.4 is 5.32 Å². The molecule has 5 N–H and O–H groups in total. The Kier molecular flexibility index (Phi) is 10.8. The van der Waals surface area contributed by atoms with E-state index < -0.39 is 48.1 Å². The van der Waals surface area contributed by atoms with Crippen LogP contribution in [0.2, 0.25) is 0 Å². The number of aliphatic carboxylic acids is 3. The average Bonchev–Trinajstić information content (AvgIpc) is 2.85. The van der Waals surface area contributed by atoms with Gasteiger partial charge in [0, 0.05) is 12.6 Å². The standard InChI is InChI=1S/C22H20F3N.C6H8O7/c1-16(20-13-5-10-18-9-2-3-12-21(18)20)26-14-6-8-17-7-4-11-19(15-17)22(23,24)25;7-3(8)1-6(13,5(11)12)2-4(9)10/h2-13,15-16,26H,14H2,1H3;13H,1-2H2,(H,7,8)(H,9,10)(H,11,12)/b8-6+;/t16-;/m1./s1. The highest BCUT2D eigenvalue weighted by molar-refractivity contribution is 5.88. The Bertz CT molecular complexity index is 1320. The van der Waals surface area contributed by atoms with E-state index in [0.717, 1.165) is 12.1 Å². The fourth-order valence-electron chi connectivity index (χ4n) is 3.71. The summed E-state index contributed by atoms with van der Waals surface area (Å²) in [6, 6.07) is 19.9. The third-order valence-electron chi connectivity index (χ3n) is 5.64. The number of carbonyl (C=O) groups is 3. The number of benzene rings is 3. The lowest BCUT2D eigenvalue weighted by Crippen LogP contribution is -2.42. The van der Waals surface area contributed by atoms with Gasteiger partial charge in [-0.2, -0.15) is 13.2 Å². The van der Waals surface area contributed by atoms with Crippen LogP contribution in [0.25, 0.3) is 16.8 Å². The zero-order valence-corrected chi connectivity index (χ0v) is 20.9. The molecule has 0 saturated heterocycles. The summed E-state index contributed by atoms with van der Waals surface area (Å²) < 4.78 is 38.2. The van der Waals surface area contributed by atoms with Crippen LogP contribution in [0, 0.1) is 0 Å². The van der Waals surface area contributed by atoms with Crippen LogP contribution >= 0.6 is 0 Å². The fraction of sp³-hybridized carbons (Fsp3) is 0.250. The van der Waals surface area contributed by atoms with Gasteiger partial charge in [-0.05, 0) is 41.0 Å². The molecular formula is C28H28F3NO7. The quantitative estimate of drug-likeness (QED) is 0.239. The van der Waals surface area contributed by atoms with Crippen LogP contribution in [0.3, 0.4) is 0 Å². The Morgan fingerprint density at radius 1 is 0.897 bits per heavy atom. The van der Waals surface area contributed by atoms with Gasteiger partial charge in [0.25, 0.3) is 0 Å². The number of carboxylic acids is 3. The second-order valence-electron chi connectivity index (χ2n) is 8.70. The van der Waals surface area contributed by atoms with E-state index >= 15 is 0 Å². The van der Waals surface area contributed by atoms with E-state index in [1.54, 1.807) is 12.1 Å². The smallest absolute Gasteiger partial charge is 0.416 e. The monoisotopic (exact) mass is 547 g/mol. The highest BCUT2D eigenvalue weighted by Gasteiger charge is 2.40. The zero-order valence-electron chi connectivity index (χ0n) is 20.9. The molecule has 0 aliphatic rings. The van der Waals surface area contributed by atoms with E-state index in [1.165, 1.54) is 22.4 Å². The third-order valence-corrected chi connectivity index (χ3v) is 5.64. The molecule has 208 valence electrons. The van der Waals surface area contributed by atoms with E-state index in [1.807, 2.05) is 24.3 Å². The van der Waals surface area contributed by atoms with Crippen molar-refractivity contribution in [2.75, 3.05) is 6.54 Å². The maximum absolute atomic E-state index is 12.7. The molecule has 0 amide bonds. The van der Waals surface area contributed by atoms with Crippen molar-refractivity contribution in [2.45, 2.75) is 37.6 Å². The first-order valence-electron chi connectivity index (χ1n) is 11.7. The molecule has 0 radical (unpaired) electrons. The van der Waals surface area contributed by atoms with E-state index in [9.17, 15) is 27.6 Å². The summed E-state index contributed by atoms with van der Waals surface area (Å²) in [5, 5.41) is 39.6. The van der Waals surface area contributed by atoms with E-state index in [2.05, 4.69) is 36.5 Å². The minimum absolute atomic E-state index is 0.132. The Hall–Kier alpha value is -4.22. The number of fused-ring (bicyclic) bond motifs is 1. The molecule has 0 spiro atoms. The lowest BCUT2D eigenvalue weighted by atomic mass is 9.96. The van der Waals surface area contributed by atoms with Crippen molar-refractivity contribution in [3.63, 3.8) is 0 Å². The summed E-state index contributed by atoms with van der Waals surface area (Å²) in [4.78, 5) is 30.5. The van der Waals surface area contributed by atoms with Gasteiger partial charge in [-0.3, -0.25) is 9.59 Å². The van der Waals surface area contributed by atoms with Crippen molar-refractivity contribution < 1.29 is 48.0 Å². The van der Waals surface area contributed by atoms with Gasteiger partial charge in [-0.15, -0.1) is 0 Å². The molecule has 0 bridgehead atoms. The third kappa shape index (κ3) is 9.55. The molecule has 0 aliphatic heterocycles. The van der Waals surface area contributed by atoms with Gasteiger partial charge < -0.3 is 25.7 Å². The van der Waals surface area contributed by atoms with Crippen molar-refractivity contribution in [3.05, 3.63) is 89.5 Å². The van der Waals surface area contributed by atoms with Crippen LogP contribution in [0.4, 0.5) is 13.2 Å². The maximum atomic E-state index is 12.7. The van der Waals surface area contributed by atoms with Crippen LogP contribution in [0.1, 0.15) is 42.5 Å². The highest BCUT2D eigenvalue weighted by atomic mass is 19.4. The number of hydrogen-bond donors (Lipinski definition) is 5. The molecule has 3 aromatic rings. The predicted octanol–water partition coefficient (Wildman–Crippen LogP) is 4.97. The lowest BCUT2D eigenvalue weighted by molar-refractivity contribution is -0.170. The first kappa shape index (κ1) is 31.0. The van der Waals surface area contributed by atoms with Crippen molar-refractivity contribution in [3.8, 4) is 0 Å². The van der Waals surface area contributed by atoms with E-state index in [0.29, 0.717) is 12.1 Å². The van der Waals surface area contributed by atoms with Crippen LogP contribution in [-0.4, -0.2) is 50.5 Å². The maximum Gasteiger partial charge on any atom is 0.416 e. The van der Waals surface area contributed by atoms with Gasteiger partial charge in [0.05, 0.1) is 18.4 Å². The number of aliphatic hydroxyl groups is 1. The van der Waals surface area contributed by atoms with Gasteiger partial charge in [-0.1, -0.05) is 66.7 Å². The molecule has 1 atom stereocenters. The Morgan fingerprint density at radius 2 is 1.49 bits per heavy atom. The molecule has 0 saturated carbocycles. The minimum atomic E-state index is -4.31. The average molecular weight is 548 g/mol. The van der Waals surface area contributed by atoms with Gasteiger partial charge >= 0.3 is 24.1 Å². The zero-order chi connectivity index (χ0) is 29.2. The van der Waals surface area contributed by atoms with E-state index in [-0.39, 0.29) is 6.04 Å². The molecule has 39 heavy (non-hydrogen) atoms. The Morgan fingerprint density at radius 3 is 2.08 bits per heavy atom. The van der Waals surface area contributed by atoms with Gasteiger partial charge in [-0.25, -0.2) is 4.79 Å². The molecule has 0 aromatic heterocycles. The molecular weight excluding hydrogens is 519 g/mol. The molecule has 3 aromatic carbocycles. The molecule has 3 rings (SSSR count).